The Morgan fingerprint density at radius 2 is 1.82 bits per heavy atom. The molecule has 0 spiro atoms. The van der Waals surface area contributed by atoms with Crippen molar-refractivity contribution in [2.24, 2.45) is 11.8 Å². The summed E-state index contributed by atoms with van der Waals surface area (Å²) >= 11 is 1.36. The first-order chi connectivity index (χ1) is 16.4. The first kappa shape index (κ1) is 24.8. The van der Waals surface area contributed by atoms with Crippen molar-refractivity contribution in [3.05, 3.63) is 40.7 Å². The predicted octanol–water partition coefficient (Wildman–Crippen LogP) is 4.35. The molecule has 2 aromatic rings. The van der Waals surface area contributed by atoms with Gasteiger partial charge in [0.15, 0.2) is 0 Å². The summed E-state index contributed by atoms with van der Waals surface area (Å²) in [7, 11) is 0. The summed E-state index contributed by atoms with van der Waals surface area (Å²) < 4.78 is 13.2. The fourth-order valence-corrected chi connectivity index (χ4v) is 5.99. The molecule has 34 heavy (non-hydrogen) atoms. The second-order valence-electron chi connectivity index (χ2n) is 9.55. The number of halogens is 1. The third-order valence-electron chi connectivity index (χ3n) is 7.18. The summed E-state index contributed by atoms with van der Waals surface area (Å²) in [6.45, 7) is 9.35. The molecule has 8 heteroatoms. The van der Waals surface area contributed by atoms with Gasteiger partial charge in [-0.25, -0.2) is 9.37 Å². The van der Waals surface area contributed by atoms with Crippen LogP contribution < -0.4 is 5.32 Å². The smallest absolute Gasteiger partial charge is 0.265 e. The van der Waals surface area contributed by atoms with Crippen LogP contribution in [0.1, 0.15) is 54.4 Å². The van der Waals surface area contributed by atoms with Crippen molar-refractivity contribution in [2.75, 3.05) is 39.3 Å². The van der Waals surface area contributed by atoms with Crippen LogP contribution in [0.4, 0.5) is 4.39 Å². The molecule has 0 saturated carbocycles. The van der Waals surface area contributed by atoms with Crippen molar-refractivity contribution in [3.8, 4) is 10.6 Å². The Balaban J connectivity index is 1.24. The van der Waals surface area contributed by atoms with Crippen LogP contribution >= 0.6 is 11.3 Å². The van der Waals surface area contributed by atoms with Gasteiger partial charge in [-0.2, -0.15) is 0 Å². The number of amides is 2. The van der Waals surface area contributed by atoms with Crippen molar-refractivity contribution >= 4 is 23.2 Å². The molecule has 2 aliphatic heterocycles. The fraction of sp³-hybridized carbons (Fsp3) is 0.577. The van der Waals surface area contributed by atoms with Gasteiger partial charge in [-0.1, -0.05) is 6.92 Å². The fourth-order valence-electron chi connectivity index (χ4n) is 4.95. The standard InChI is InChI=1S/C26H35FN4O2S/c1-18(24(32)28-12-5-15-30-13-3-4-14-30)20-10-16-31(17-11-20)26(33)23-19(2)29-25(34-23)21-6-8-22(27)9-7-21/h6-9,18,20H,3-5,10-17H2,1-2H3,(H,28,32). The van der Waals surface area contributed by atoms with Crippen LogP contribution in [-0.4, -0.2) is 65.9 Å². The van der Waals surface area contributed by atoms with Gasteiger partial charge in [-0.15, -0.1) is 11.3 Å². The second-order valence-corrected chi connectivity index (χ2v) is 10.6. The maximum absolute atomic E-state index is 13.2. The van der Waals surface area contributed by atoms with Gasteiger partial charge in [-0.05, 0) is 88.8 Å². The molecule has 3 heterocycles. The van der Waals surface area contributed by atoms with Gasteiger partial charge in [0.05, 0.1) is 5.69 Å². The number of thiazole rings is 1. The van der Waals surface area contributed by atoms with Gasteiger partial charge in [0.2, 0.25) is 5.91 Å². The van der Waals surface area contributed by atoms with Gasteiger partial charge in [-0.3, -0.25) is 9.59 Å². The Kier molecular flexibility index (Phi) is 8.32. The Morgan fingerprint density at radius 1 is 1.15 bits per heavy atom. The highest BCUT2D eigenvalue weighted by atomic mass is 32.1. The van der Waals surface area contributed by atoms with E-state index in [1.807, 2.05) is 18.7 Å². The van der Waals surface area contributed by atoms with Gasteiger partial charge < -0.3 is 15.1 Å². The molecular weight excluding hydrogens is 451 g/mol. The number of hydrogen-bond acceptors (Lipinski definition) is 5. The lowest BCUT2D eigenvalue weighted by Gasteiger charge is -2.34. The predicted molar refractivity (Wildman–Crippen MR) is 133 cm³/mol. The molecule has 1 aromatic heterocycles. The largest absolute Gasteiger partial charge is 0.356 e. The Morgan fingerprint density at radius 3 is 2.50 bits per heavy atom. The molecule has 2 aliphatic rings. The lowest BCUT2D eigenvalue weighted by atomic mass is 9.84. The summed E-state index contributed by atoms with van der Waals surface area (Å²) in [5.74, 6) is 0.0923. The molecule has 6 nitrogen and oxygen atoms in total. The van der Waals surface area contributed by atoms with Crippen LogP contribution in [0.15, 0.2) is 24.3 Å². The minimum atomic E-state index is -0.291. The zero-order chi connectivity index (χ0) is 24.1. The number of nitrogens with one attached hydrogen (secondary N) is 1. The van der Waals surface area contributed by atoms with E-state index in [9.17, 15) is 14.0 Å². The summed E-state index contributed by atoms with van der Waals surface area (Å²) in [4.78, 5) is 35.3. The zero-order valence-corrected chi connectivity index (χ0v) is 21.0. The monoisotopic (exact) mass is 486 g/mol. The SMILES string of the molecule is Cc1nc(-c2ccc(F)cc2)sc1C(=O)N1CCC(C(C)C(=O)NCCCN2CCCC2)CC1. The maximum Gasteiger partial charge on any atom is 0.265 e. The van der Waals surface area contributed by atoms with Gasteiger partial charge >= 0.3 is 0 Å². The van der Waals surface area contributed by atoms with E-state index < -0.39 is 0 Å². The van der Waals surface area contributed by atoms with E-state index in [1.54, 1.807) is 12.1 Å². The first-order valence-electron chi connectivity index (χ1n) is 12.4. The number of likely N-dealkylation sites (tertiary alicyclic amines) is 2. The molecule has 0 radical (unpaired) electrons. The summed E-state index contributed by atoms with van der Waals surface area (Å²) in [6, 6.07) is 6.19. The van der Waals surface area contributed by atoms with E-state index in [2.05, 4.69) is 15.2 Å². The highest BCUT2D eigenvalue weighted by Gasteiger charge is 2.31. The normalized spacial score (nSPS) is 18.3. The minimum absolute atomic E-state index is 0.000768. The minimum Gasteiger partial charge on any atom is -0.356 e. The van der Waals surface area contributed by atoms with E-state index in [-0.39, 0.29) is 23.5 Å². The molecule has 2 saturated heterocycles. The van der Waals surface area contributed by atoms with Gasteiger partial charge in [0.25, 0.3) is 5.91 Å². The Labute approximate surface area is 205 Å². The molecular formula is C26H35FN4O2S. The Bertz CT molecular complexity index is 979. The molecule has 1 aromatic carbocycles. The number of carbonyl (C=O) groups is 2. The number of rotatable bonds is 8. The first-order valence-corrected chi connectivity index (χ1v) is 13.3. The van der Waals surface area contributed by atoms with Crippen molar-refractivity contribution in [1.29, 1.82) is 0 Å². The summed E-state index contributed by atoms with van der Waals surface area (Å²) in [5, 5.41) is 3.84. The van der Waals surface area contributed by atoms with Crippen LogP contribution in [0.3, 0.4) is 0 Å². The van der Waals surface area contributed by atoms with Crippen molar-refractivity contribution in [3.63, 3.8) is 0 Å². The van der Waals surface area contributed by atoms with Crippen LogP contribution in [0.2, 0.25) is 0 Å². The number of hydrogen-bond donors (Lipinski definition) is 1. The molecule has 2 amide bonds. The van der Waals surface area contributed by atoms with Gasteiger partial charge in [0.1, 0.15) is 15.7 Å². The number of benzene rings is 1. The van der Waals surface area contributed by atoms with Crippen molar-refractivity contribution in [1.82, 2.24) is 20.1 Å². The summed E-state index contributed by atoms with van der Waals surface area (Å²) in [6.07, 6.45) is 5.25. The quantitative estimate of drug-likeness (QED) is 0.564. The lowest BCUT2D eigenvalue weighted by molar-refractivity contribution is -0.126. The third kappa shape index (κ3) is 6.02. The van der Waals surface area contributed by atoms with E-state index in [0.29, 0.717) is 29.6 Å². The molecule has 1 atom stereocenters. The van der Waals surface area contributed by atoms with E-state index in [4.69, 9.17) is 0 Å². The molecule has 0 aliphatic carbocycles. The molecule has 4 rings (SSSR count). The van der Waals surface area contributed by atoms with Crippen LogP contribution in [0, 0.1) is 24.6 Å². The molecule has 0 bridgehead atoms. The average Bonchev–Trinajstić information content (AvgIpc) is 3.51. The van der Waals surface area contributed by atoms with Gasteiger partial charge in [0, 0.05) is 31.1 Å². The number of nitrogens with zero attached hydrogens (tertiary/aromatic N) is 3. The number of carbonyl (C=O) groups excluding carboxylic acids is 2. The second kappa shape index (κ2) is 11.4. The topological polar surface area (TPSA) is 65.5 Å². The maximum atomic E-state index is 13.2. The van der Waals surface area contributed by atoms with E-state index in [0.717, 1.165) is 42.9 Å². The average molecular weight is 487 g/mol. The highest BCUT2D eigenvalue weighted by molar-refractivity contribution is 7.17. The Hall–Kier alpha value is -2.32. The molecule has 2 fully saturated rings. The third-order valence-corrected chi connectivity index (χ3v) is 8.37. The van der Waals surface area contributed by atoms with Crippen LogP contribution in [0.25, 0.3) is 10.6 Å². The van der Waals surface area contributed by atoms with Crippen molar-refractivity contribution in [2.45, 2.75) is 46.0 Å². The molecule has 1 unspecified atom stereocenters. The number of aromatic nitrogens is 1. The number of aryl methyl sites for hydroxylation is 1. The summed E-state index contributed by atoms with van der Waals surface area (Å²) in [5.41, 5.74) is 1.52. The van der Waals surface area contributed by atoms with E-state index in [1.165, 1.54) is 49.4 Å². The highest BCUT2D eigenvalue weighted by Crippen LogP contribution is 2.31. The van der Waals surface area contributed by atoms with Crippen molar-refractivity contribution < 1.29 is 14.0 Å². The molecule has 184 valence electrons. The van der Waals surface area contributed by atoms with Crippen LogP contribution in [0.5, 0.6) is 0 Å². The zero-order valence-electron chi connectivity index (χ0n) is 20.2. The van der Waals surface area contributed by atoms with Crippen LogP contribution in [-0.2, 0) is 4.79 Å². The number of piperidine rings is 1. The molecule has 1 N–H and O–H groups in total. The van der Waals surface area contributed by atoms with E-state index >= 15 is 0 Å². The lowest BCUT2D eigenvalue weighted by Crippen LogP contribution is -2.43.